The van der Waals surface area contributed by atoms with Gasteiger partial charge in [0.1, 0.15) is 0 Å². The van der Waals surface area contributed by atoms with E-state index in [9.17, 15) is 13.2 Å². The van der Waals surface area contributed by atoms with E-state index in [1.54, 1.807) is 24.3 Å². The van der Waals surface area contributed by atoms with Crippen molar-refractivity contribution in [1.29, 1.82) is 0 Å². The van der Waals surface area contributed by atoms with Crippen molar-refractivity contribution < 1.29 is 13.2 Å². The van der Waals surface area contributed by atoms with Crippen LogP contribution in [0.25, 0.3) is 0 Å². The Kier molecular flexibility index (Phi) is 6.13. The van der Waals surface area contributed by atoms with Crippen molar-refractivity contribution in [1.82, 2.24) is 10.2 Å². The molecule has 7 heteroatoms. The number of rotatable bonds is 3. The average molecular weight is 403 g/mol. The molecule has 1 saturated heterocycles. The van der Waals surface area contributed by atoms with Gasteiger partial charge >= 0.3 is 6.18 Å². The number of alkyl halides is 3. The van der Waals surface area contributed by atoms with Crippen LogP contribution in [0.4, 0.5) is 13.2 Å². The zero-order chi connectivity index (χ0) is 18.7. The Bertz CT molecular complexity index is 757. The average Bonchev–Trinajstić information content (AvgIpc) is 2.88. The van der Waals surface area contributed by atoms with Crippen molar-refractivity contribution in [2.45, 2.75) is 18.6 Å². The molecule has 0 amide bonds. The summed E-state index contributed by atoms with van der Waals surface area (Å²) >= 11 is 12.6. The number of nitrogens with zero attached hydrogens (tertiary/aromatic N) is 1. The molecule has 0 bridgehead atoms. The van der Waals surface area contributed by atoms with E-state index >= 15 is 0 Å². The number of hydrogen-bond acceptors (Lipinski definition) is 2. The van der Waals surface area contributed by atoms with E-state index in [4.69, 9.17) is 23.2 Å². The molecule has 3 rings (SSSR count). The molecule has 26 heavy (non-hydrogen) atoms. The summed E-state index contributed by atoms with van der Waals surface area (Å²) in [5, 5.41) is 3.92. The van der Waals surface area contributed by atoms with Gasteiger partial charge in [-0.2, -0.15) is 13.2 Å². The smallest absolute Gasteiger partial charge is 0.315 e. The van der Waals surface area contributed by atoms with Crippen LogP contribution in [0.2, 0.25) is 10.0 Å². The lowest BCUT2D eigenvalue weighted by Crippen LogP contribution is -2.34. The van der Waals surface area contributed by atoms with Gasteiger partial charge < -0.3 is 5.32 Å². The maximum absolute atomic E-state index is 13.7. The van der Waals surface area contributed by atoms with Gasteiger partial charge in [0.15, 0.2) is 0 Å². The van der Waals surface area contributed by atoms with Crippen molar-refractivity contribution in [3.63, 3.8) is 0 Å². The molecular formula is C19H19Cl2F3N2. The lowest BCUT2D eigenvalue weighted by atomic mass is 9.92. The predicted octanol–water partition coefficient (Wildman–Crippen LogP) is 5.40. The third kappa shape index (κ3) is 4.17. The lowest BCUT2D eigenvalue weighted by Gasteiger charge is -2.33. The van der Waals surface area contributed by atoms with Gasteiger partial charge in [0.25, 0.3) is 0 Å². The largest absolute Gasteiger partial charge is 0.416 e. The van der Waals surface area contributed by atoms with Crippen LogP contribution in [0, 0.1) is 0 Å². The van der Waals surface area contributed by atoms with E-state index in [2.05, 4.69) is 5.32 Å². The summed E-state index contributed by atoms with van der Waals surface area (Å²) < 4.78 is 41.0. The molecule has 0 saturated carbocycles. The monoisotopic (exact) mass is 402 g/mol. The molecule has 1 aliphatic heterocycles. The second-order valence-corrected chi connectivity index (χ2v) is 7.06. The van der Waals surface area contributed by atoms with Crippen LogP contribution in [0.3, 0.4) is 0 Å². The third-order valence-electron chi connectivity index (χ3n) is 4.58. The fraction of sp³-hybridized carbons (Fsp3) is 0.368. The first-order valence-corrected chi connectivity index (χ1v) is 9.20. The summed E-state index contributed by atoms with van der Waals surface area (Å²) in [4.78, 5) is 2.04. The minimum Gasteiger partial charge on any atom is -0.315 e. The van der Waals surface area contributed by atoms with Crippen LogP contribution in [0.15, 0.2) is 42.5 Å². The highest BCUT2D eigenvalue weighted by molar-refractivity contribution is 6.42. The molecule has 1 N–H and O–H groups in total. The zero-order valence-corrected chi connectivity index (χ0v) is 15.5. The van der Waals surface area contributed by atoms with Crippen molar-refractivity contribution in [3.05, 3.63) is 69.2 Å². The molecule has 2 nitrogen and oxygen atoms in total. The van der Waals surface area contributed by atoms with Gasteiger partial charge in [0.05, 0.1) is 21.7 Å². The van der Waals surface area contributed by atoms with Crippen molar-refractivity contribution >= 4 is 23.2 Å². The molecule has 2 aromatic carbocycles. The first kappa shape index (κ1) is 19.5. The summed E-state index contributed by atoms with van der Waals surface area (Å²) in [7, 11) is 0. The maximum atomic E-state index is 13.7. The molecule has 1 fully saturated rings. The number of halogens is 5. The quantitative estimate of drug-likeness (QED) is 0.739. The van der Waals surface area contributed by atoms with E-state index in [-0.39, 0.29) is 5.56 Å². The van der Waals surface area contributed by atoms with Gasteiger partial charge in [0.2, 0.25) is 0 Å². The Labute approximate surface area is 160 Å². The van der Waals surface area contributed by atoms with Gasteiger partial charge in [-0.1, -0.05) is 53.5 Å². The Morgan fingerprint density at radius 1 is 0.923 bits per heavy atom. The van der Waals surface area contributed by atoms with E-state index < -0.39 is 17.8 Å². The SMILES string of the molecule is FC(F)(F)c1ccccc1C(c1cccc(Cl)c1Cl)N1CCCNCC1. The summed E-state index contributed by atoms with van der Waals surface area (Å²) in [5.41, 5.74) is 0.155. The fourth-order valence-electron chi connectivity index (χ4n) is 3.41. The topological polar surface area (TPSA) is 15.3 Å². The minimum absolute atomic E-state index is 0.200. The van der Waals surface area contributed by atoms with Gasteiger partial charge in [-0.25, -0.2) is 0 Å². The summed E-state index contributed by atoms with van der Waals surface area (Å²) in [5.74, 6) is 0. The van der Waals surface area contributed by atoms with Crippen LogP contribution < -0.4 is 5.32 Å². The molecule has 0 spiro atoms. The molecule has 0 aliphatic carbocycles. The molecule has 0 aromatic heterocycles. The standard InChI is InChI=1S/C19H19Cl2F3N2/c20-16-8-3-6-14(17(16)21)18(26-11-4-9-25-10-12-26)13-5-1-2-7-15(13)19(22,23)24/h1-3,5-8,18,25H,4,9-12H2. The molecule has 1 heterocycles. The number of hydrogen-bond donors (Lipinski definition) is 1. The third-order valence-corrected chi connectivity index (χ3v) is 5.41. The summed E-state index contributed by atoms with van der Waals surface area (Å²) in [6.07, 6.45) is -3.59. The highest BCUT2D eigenvalue weighted by atomic mass is 35.5. The van der Waals surface area contributed by atoms with Crippen LogP contribution in [0.5, 0.6) is 0 Å². The predicted molar refractivity (Wildman–Crippen MR) is 98.8 cm³/mol. The van der Waals surface area contributed by atoms with E-state index in [0.29, 0.717) is 35.2 Å². The molecule has 1 atom stereocenters. The Morgan fingerprint density at radius 2 is 1.65 bits per heavy atom. The second-order valence-electron chi connectivity index (χ2n) is 6.27. The Hall–Kier alpha value is -1.27. The Morgan fingerprint density at radius 3 is 2.42 bits per heavy atom. The highest BCUT2D eigenvalue weighted by Crippen LogP contribution is 2.42. The minimum atomic E-state index is -4.44. The first-order valence-electron chi connectivity index (χ1n) is 8.44. The molecule has 140 valence electrons. The normalized spacial score (nSPS) is 17.7. The van der Waals surface area contributed by atoms with Crippen LogP contribution in [0.1, 0.15) is 29.2 Å². The highest BCUT2D eigenvalue weighted by Gasteiger charge is 2.37. The second kappa shape index (κ2) is 8.17. The van der Waals surface area contributed by atoms with E-state index in [0.717, 1.165) is 19.0 Å². The van der Waals surface area contributed by atoms with Gasteiger partial charge in [-0.3, -0.25) is 4.90 Å². The van der Waals surface area contributed by atoms with E-state index in [1.807, 2.05) is 4.90 Å². The van der Waals surface area contributed by atoms with Crippen LogP contribution in [-0.4, -0.2) is 31.1 Å². The number of benzene rings is 2. The molecular weight excluding hydrogens is 384 g/mol. The summed E-state index contributed by atoms with van der Waals surface area (Å²) in [6.45, 7) is 2.85. The summed E-state index contributed by atoms with van der Waals surface area (Å²) in [6, 6.07) is 10.2. The fourth-order valence-corrected chi connectivity index (χ4v) is 3.82. The van der Waals surface area contributed by atoms with Crippen molar-refractivity contribution in [2.24, 2.45) is 0 Å². The van der Waals surface area contributed by atoms with Gasteiger partial charge in [-0.05, 0) is 36.2 Å². The van der Waals surface area contributed by atoms with Crippen molar-refractivity contribution in [2.75, 3.05) is 26.2 Å². The van der Waals surface area contributed by atoms with Gasteiger partial charge in [0, 0.05) is 19.6 Å². The molecule has 1 aliphatic rings. The number of nitrogens with one attached hydrogen (secondary N) is 1. The van der Waals surface area contributed by atoms with E-state index in [1.165, 1.54) is 12.1 Å². The van der Waals surface area contributed by atoms with Crippen molar-refractivity contribution in [3.8, 4) is 0 Å². The molecule has 0 radical (unpaired) electrons. The first-order chi connectivity index (χ1) is 12.4. The van der Waals surface area contributed by atoms with Gasteiger partial charge in [-0.15, -0.1) is 0 Å². The molecule has 2 aromatic rings. The van der Waals surface area contributed by atoms with Crippen LogP contribution in [-0.2, 0) is 6.18 Å². The maximum Gasteiger partial charge on any atom is 0.416 e. The van der Waals surface area contributed by atoms with Crippen LogP contribution >= 0.6 is 23.2 Å². The lowest BCUT2D eigenvalue weighted by molar-refractivity contribution is -0.138. The zero-order valence-electron chi connectivity index (χ0n) is 14.0. The Balaban J connectivity index is 2.17. The molecule has 1 unspecified atom stereocenters.